The van der Waals surface area contributed by atoms with Crippen molar-refractivity contribution in [2.24, 2.45) is 0 Å². The molecule has 0 aliphatic carbocycles. The molecule has 0 aliphatic heterocycles. The zero-order valence-electron chi connectivity index (χ0n) is 9.77. The number of halogens is 3. The van der Waals surface area contributed by atoms with Crippen molar-refractivity contribution in [3.8, 4) is 0 Å². The predicted octanol–water partition coefficient (Wildman–Crippen LogP) is 3.58. The van der Waals surface area contributed by atoms with Crippen molar-refractivity contribution in [1.82, 2.24) is 9.55 Å². The Morgan fingerprint density at radius 1 is 1.42 bits per heavy atom. The van der Waals surface area contributed by atoms with Crippen molar-refractivity contribution < 1.29 is 8.42 Å². The van der Waals surface area contributed by atoms with Crippen LogP contribution in [0, 0.1) is 6.92 Å². The lowest BCUT2D eigenvalue weighted by atomic mass is 10.2. The lowest BCUT2D eigenvalue weighted by molar-refractivity contribution is 0.606. The number of hydrogen-bond donors (Lipinski definition) is 0. The van der Waals surface area contributed by atoms with Crippen LogP contribution in [0.2, 0.25) is 5.02 Å². The molecule has 102 valence electrons. The molecule has 0 saturated carbocycles. The maximum Gasteiger partial charge on any atom is 0.280 e. The Kier molecular flexibility index (Phi) is 4.25. The summed E-state index contributed by atoms with van der Waals surface area (Å²) in [5, 5.41) is 0.442. The lowest BCUT2D eigenvalue weighted by Crippen LogP contribution is -2.01. The Morgan fingerprint density at radius 2 is 2.11 bits per heavy atom. The number of imidazole rings is 1. The Hall–Kier alpha value is -0.560. The highest BCUT2D eigenvalue weighted by molar-refractivity contribution is 9.10. The normalized spacial score (nSPS) is 11.8. The Bertz CT molecular complexity index is 728. The first-order chi connectivity index (χ1) is 8.77. The van der Waals surface area contributed by atoms with Gasteiger partial charge >= 0.3 is 0 Å². The van der Waals surface area contributed by atoms with Crippen LogP contribution >= 0.6 is 38.2 Å². The van der Waals surface area contributed by atoms with E-state index in [-0.39, 0.29) is 5.03 Å². The summed E-state index contributed by atoms with van der Waals surface area (Å²) in [6.45, 7) is 2.13. The first-order valence-corrected chi connectivity index (χ1v) is 8.68. The van der Waals surface area contributed by atoms with Gasteiger partial charge in [-0.1, -0.05) is 33.6 Å². The van der Waals surface area contributed by atoms with E-state index in [9.17, 15) is 8.42 Å². The van der Waals surface area contributed by atoms with Crippen LogP contribution in [0.3, 0.4) is 0 Å². The largest absolute Gasteiger partial charge is 0.329 e. The predicted molar refractivity (Wildman–Crippen MR) is 78.3 cm³/mol. The molecule has 2 rings (SSSR count). The van der Waals surface area contributed by atoms with Gasteiger partial charge in [-0.05, 0) is 24.6 Å². The molecular formula is C11H9BrCl2N2O2S. The quantitative estimate of drug-likeness (QED) is 0.761. The number of hydrogen-bond acceptors (Lipinski definition) is 3. The molecule has 0 spiro atoms. The van der Waals surface area contributed by atoms with E-state index >= 15 is 0 Å². The number of aromatic nitrogens is 2. The van der Waals surface area contributed by atoms with Gasteiger partial charge in [-0.3, -0.25) is 0 Å². The summed E-state index contributed by atoms with van der Waals surface area (Å²) in [6.07, 6.45) is 1.40. The molecule has 0 N–H and O–H groups in total. The van der Waals surface area contributed by atoms with Gasteiger partial charge < -0.3 is 4.57 Å². The molecule has 0 saturated heterocycles. The summed E-state index contributed by atoms with van der Waals surface area (Å²) < 4.78 is 25.0. The minimum Gasteiger partial charge on any atom is -0.329 e. The van der Waals surface area contributed by atoms with Gasteiger partial charge in [0.05, 0.1) is 6.54 Å². The van der Waals surface area contributed by atoms with E-state index in [1.165, 1.54) is 6.20 Å². The summed E-state index contributed by atoms with van der Waals surface area (Å²) >= 11 is 9.45. The van der Waals surface area contributed by atoms with E-state index in [1.807, 2.05) is 12.1 Å². The van der Waals surface area contributed by atoms with Gasteiger partial charge in [0.15, 0.2) is 5.03 Å². The zero-order chi connectivity index (χ0) is 14.2. The molecule has 2 aromatic rings. The van der Waals surface area contributed by atoms with Crippen molar-refractivity contribution in [2.45, 2.75) is 18.5 Å². The van der Waals surface area contributed by atoms with Gasteiger partial charge in [-0.15, -0.1) is 0 Å². The van der Waals surface area contributed by atoms with E-state index in [0.717, 1.165) is 10.0 Å². The van der Waals surface area contributed by atoms with E-state index in [4.69, 9.17) is 22.3 Å². The third-order valence-corrected chi connectivity index (χ3v) is 4.58. The Labute approximate surface area is 128 Å². The second-order valence-corrected chi connectivity index (χ2v) is 7.76. The van der Waals surface area contributed by atoms with Crippen LogP contribution in [0.25, 0.3) is 0 Å². The average Bonchev–Trinajstić information content (AvgIpc) is 2.64. The molecule has 1 heterocycles. The molecule has 4 nitrogen and oxygen atoms in total. The minimum absolute atomic E-state index is 0.153. The van der Waals surface area contributed by atoms with Crippen molar-refractivity contribution in [1.29, 1.82) is 0 Å². The maximum absolute atomic E-state index is 11.2. The SMILES string of the molecule is Cc1nc(S(=O)(=O)Cl)cn1Cc1ccc(Br)cc1Cl. The highest BCUT2D eigenvalue weighted by Gasteiger charge is 2.16. The van der Waals surface area contributed by atoms with Crippen LogP contribution in [0.1, 0.15) is 11.4 Å². The van der Waals surface area contributed by atoms with E-state index in [0.29, 0.717) is 17.4 Å². The van der Waals surface area contributed by atoms with Crippen molar-refractivity contribution in [2.75, 3.05) is 0 Å². The number of nitrogens with zero attached hydrogens (tertiary/aromatic N) is 2. The Balaban J connectivity index is 2.36. The highest BCUT2D eigenvalue weighted by Crippen LogP contribution is 2.23. The van der Waals surface area contributed by atoms with Crippen LogP contribution in [0.5, 0.6) is 0 Å². The number of benzene rings is 1. The summed E-state index contributed by atoms with van der Waals surface area (Å²) in [4.78, 5) is 3.92. The van der Waals surface area contributed by atoms with Crippen LogP contribution in [0.4, 0.5) is 0 Å². The van der Waals surface area contributed by atoms with Crippen molar-refractivity contribution >= 4 is 47.3 Å². The topological polar surface area (TPSA) is 52.0 Å². The molecule has 0 radical (unpaired) electrons. The van der Waals surface area contributed by atoms with Crippen molar-refractivity contribution in [3.05, 3.63) is 45.3 Å². The molecule has 1 aromatic heterocycles. The van der Waals surface area contributed by atoms with E-state index in [2.05, 4.69) is 20.9 Å². The maximum atomic E-state index is 11.2. The molecule has 19 heavy (non-hydrogen) atoms. The van der Waals surface area contributed by atoms with Crippen molar-refractivity contribution in [3.63, 3.8) is 0 Å². The monoisotopic (exact) mass is 382 g/mol. The van der Waals surface area contributed by atoms with Gasteiger partial charge in [0.1, 0.15) is 5.82 Å². The second-order valence-electron chi connectivity index (χ2n) is 3.93. The van der Waals surface area contributed by atoms with Crippen LogP contribution in [-0.2, 0) is 15.6 Å². The molecule has 0 aliphatic rings. The third kappa shape index (κ3) is 3.51. The first-order valence-electron chi connectivity index (χ1n) is 5.20. The molecule has 0 atom stereocenters. The van der Waals surface area contributed by atoms with Gasteiger partial charge in [-0.2, -0.15) is 0 Å². The molecule has 0 bridgehead atoms. The fourth-order valence-electron chi connectivity index (χ4n) is 1.59. The van der Waals surface area contributed by atoms with Crippen LogP contribution in [0.15, 0.2) is 33.9 Å². The van der Waals surface area contributed by atoms with Gasteiger partial charge in [0.2, 0.25) is 0 Å². The molecule has 0 amide bonds. The molecule has 0 fully saturated rings. The third-order valence-electron chi connectivity index (χ3n) is 2.56. The van der Waals surface area contributed by atoms with Gasteiger partial charge in [0.25, 0.3) is 9.05 Å². The van der Waals surface area contributed by atoms with E-state index < -0.39 is 9.05 Å². The number of rotatable bonds is 3. The fourth-order valence-corrected chi connectivity index (χ4v) is 3.04. The standard InChI is InChI=1S/C11H9BrCl2N2O2S/c1-7-15-11(19(14,17)18)6-16(7)5-8-2-3-9(12)4-10(8)13/h2-4,6H,5H2,1H3. The molecule has 0 unspecified atom stereocenters. The zero-order valence-corrected chi connectivity index (χ0v) is 13.7. The lowest BCUT2D eigenvalue weighted by Gasteiger charge is -2.07. The second kappa shape index (κ2) is 5.44. The molecule has 8 heteroatoms. The number of aryl methyl sites for hydroxylation is 1. The van der Waals surface area contributed by atoms with Gasteiger partial charge in [-0.25, -0.2) is 13.4 Å². The minimum atomic E-state index is -3.81. The van der Waals surface area contributed by atoms with E-state index in [1.54, 1.807) is 17.6 Å². The first kappa shape index (κ1) is 14.8. The summed E-state index contributed by atoms with van der Waals surface area (Å²) in [5.74, 6) is 0.554. The van der Waals surface area contributed by atoms with Crippen LogP contribution in [-0.4, -0.2) is 18.0 Å². The molecule has 1 aromatic carbocycles. The van der Waals surface area contributed by atoms with Crippen LogP contribution < -0.4 is 0 Å². The average molecular weight is 384 g/mol. The smallest absolute Gasteiger partial charge is 0.280 e. The molecular weight excluding hydrogens is 375 g/mol. The Morgan fingerprint density at radius 3 is 2.63 bits per heavy atom. The summed E-state index contributed by atoms with van der Waals surface area (Å²) in [5.41, 5.74) is 0.865. The summed E-state index contributed by atoms with van der Waals surface area (Å²) in [6, 6.07) is 5.51. The highest BCUT2D eigenvalue weighted by atomic mass is 79.9. The van der Waals surface area contributed by atoms with Gasteiger partial charge in [0, 0.05) is 26.4 Å². The fraction of sp³-hybridized carbons (Fsp3) is 0.182. The summed E-state index contributed by atoms with van der Waals surface area (Å²) in [7, 11) is 1.45.